The van der Waals surface area contributed by atoms with Crippen molar-refractivity contribution >= 4 is 11.9 Å². The number of carboxylic acids is 1. The molecule has 5 heteroatoms. The molecule has 0 atom stereocenters. The van der Waals surface area contributed by atoms with Gasteiger partial charge in [0.2, 0.25) is 5.91 Å². The number of carboxylic acid groups (broad SMARTS) is 1. The fourth-order valence-corrected chi connectivity index (χ4v) is 0.723. The molecule has 0 aromatic carbocycles. The van der Waals surface area contributed by atoms with Gasteiger partial charge in [-0.25, -0.2) is 0 Å². The summed E-state index contributed by atoms with van der Waals surface area (Å²) >= 11 is 0. The molecule has 0 saturated carbocycles. The number of aliphatic carboxylic acids is 1. The molecular weight excluding hydrogens is 172 g/mol. The predicted octanol–water partition coefficient (Wildman–Crippen LogP) is -0.000720. The van der Waals surface area contributed by atoms with Crippen molar-refractivity contribution in [2.45, 2.75) is 6.92 Å². The molecule has 0 aromatic rings. The van der Waals surface area contributed by atoms with E-state index in [2.05, 4.69) is 0 Å². The summed E-state index contributed by atoms with van der Waals surface area (Å²) < 4.78 is 0. The maximum Gasteiger partial charge on any atom is 0.323 e. The molecule has 5 nitrogen and oxygen atoms in total. The molecule has 0 spiro atoms. The SMILES string of the molecule is CCN(CC(=O)O)C(=O)/C=C/C#N. The lowest BCUT2D eigenvalue weighted by Gasteiger charge is -2.15. The van der Waals surface area contributed by atoms with Gasteiger partial charge in [0.15, 0.2) is 0 Å². The Morgan fingerprint density at radius 1 is 1.62 bits per heavy atom. The van der Waals surface area contributed by atoms with Crippen LogP contribution in [0.15, 0.2) is 12.2 Å². The van der Waals surface area contributed by atoms with Crippen LogP contribution in [0.25, 0.3) is 0 Å². The van der Waals surface area contributed by atoms with E-state index in [0.29, 0.717) is 6.54 Å². The van der Waals surface area contributed by atoms with E-state index in [1.807, 2.05) is 0 Å². The third-order valence-corrected chi connectivity index (χ3v) is 1.32. The van der Waals surface area contributed by atoms with Crippen LogP contribution >= 0.6 is 0 Å². The Bertz CT molecular complexity index is 265. The molecular formula is C8H10N2O3. The lowest BCUT2D eigenvalue weighted by atomic mass is 10.4. The van der Waals surface area contributed by atoms with Gasteiger partial charge in [0, 0.05) is 18.7 Å². The Balaban J connectivity index is 4.25. The summed E-state index contributed by atoms with van der Waals surface area (Å²) in [5, 5.41) is 16.5. The number of likely N-dealkylation sites (N-methyl/N-ethyl adjacent to an activating group) is 1. The van der Waals surface area contributed by atoms with Crippen LogP contribution in [0.3, 0.4) is 0 Å². The molecule has 0 heterocycles. The van der Waals surface area contributed by atoms with E-state index in [4.69, 9.17) is 10.4 Å². The molecule has 0 bridgehead atoms. The summed E-state index contributed by atoms with van der Waals surface area (Å²) in [6.45, 7) is 1.63. The summed E-state index contributed by atoms with van der Waals surface area (Å²) in [6.07, 6.45) is 2.07. The van der Waals surface area contributed by atoms with Gasteiger partial charge in [-0.15, -0.1) is 0 Å². The summed E-state index contributed by atoms with van der Waals surface area (Å²) in [4.78, 5) is 22.5. The maximum absolute atomic E-state index is 11.1. The second kappa shape index (κ2) is 5.77. The molecule has 1 N–H and O–H groups in total. The lowest BCUT2D eigenvalue weighted by molar-refractivity contribution is -0.142. The van der Waals surface area contributed by atoms with Crippen LogP contribution in [0.2, 0.25) is 0 Å². The first-order chi connectivity index (χ1) is 6.11. The number of rotatable bonds is 4. The standard InChI is InChI=1S/C8H10N2O3/c1-2-10(6-8(12)13)7(11)4-3-5-9/h3-4H,2,6H2,1H3,(H,12,13)/b4-3+. The Kier molecular flexibility index (Phi) is 4.96. The lowest BCUT2D eigenvalue weighted by Crippen LogP contribution is -2.34. The average Bonchev–Trinajstić information content (AvgIpc) is 2.09. The fraction of sp³-hybridized carbons (Fsp3) is 0.375. The molecule has 0 unspecified atom stereocenters. The van der Waals surface area contributed by atoms with E-state index in [1.54, 1.807) is 13.0 Å². The minimum Gasteiger partial charge on any atom is -0.480 e. The highest BCUT2D eigenvalue weighted by molar-refractivity contribution is 5.90. The average molecular weight is 182 g/mol. The number of carbonyl (C=O) groups excluding carboxylic acids is 1. The van der Waals surface area contributed by atoms with Gasteiger partial charge in [-0.3, -0.25) is 9.59 Å². The second-order valence-electron chi connectivity index (χ2n) is 2.21. The van der Waals surface area contributed by atoms with Crippen molar-refractivity contribution in [3.05, 3.63) is 12.2 Å². The van der Waals surface area contributed by atoms with E-state index >= 15 is 0 Å². The van der Waals surface area contributed by atoms with Crippen molar-refractivity contribution in [1.29, 1.82) is 5.26 Å². The van der Waals surface area contributed by atoms with Crippen molar-refractivity contribution < 1.29 is 14.7 Å². The Labute approximate surface area is 75.9 Å². The van der Waals surface area contributed by atoms with Gasteiger partial charge in [0.05, 0.1) is 6.07 Å². The Hall–Kier alpha value is -1.83. The highest BCUT2D eigenvalue weighted by Gasteiger charge is 2.11. The molecule has 0 fully saturated rings. The van der Waals surface area contributed by atoms with E-state index in [1.165, 1.54) is 0 Å². The van der Waals surface area contributed by atoms with Gasteiger partial charge in [-0.05, 0) is 6.92 Å². The monoisotopic (exact) mass is 182 g/mol. The number of hydrogen-bond acceptors (Lipinski definition) is 3. The van der Waals surface area contributed by atoms with Gasteiger partial charge in [-0.2, -0.15) is 5.26 Å². The zero-order valence-corrected chi connectivity index (χ0v) is 7.23. The molecule has 0 rings (SSSR count). The van der Waals surface area contributed by atoms with Gasteiger partial charge in [-0.1, -0.05) is 0 Å². The predicted molar refractivity (Wildman–Crippen MR) is 44.6 cm³/mol. The summed E-state index contributed by atoms with van der Waals surface area (Å²) in [7, 11) is 0. The molecule has 0 radical (unpaired) electrons. The van der Waals surface area contributed by atoms with Crippen molar-refractivity contribution in [3.8, 4) is 6.07 Å². The Morgan fingerprint density at radius 2 is 2.23 bits per heavy atom. The number of nitriles is 1. The highest BCUT2D eigenvalue weighted by Crippen LogP contribution is 1.90. The molecule has 0 aliphatic carbocycles. The fourth-order valence-electron chi connectivity index (χ4n) is 0.723. The number of carbonyl (C=O) groups is 2. The van der Waals surface area contributed by atoms with Gasteiger partial charge in [0.25, 0.3) is 0 Å². The normalized spacial score (nSPS) is 9.54. The maximum atomic E-state index is 11.1. The van der Waals surface area contributed by atoms with Crippen molar-refractivity contribution in [2.75, 3.05) is 13.1 Å². The molecule has 0 aliphatic heterocycles. The summed E-state index contributed by atoms with van der Waals surface area (Å²) in [5.41, 5.74) is 0. The minimum absolute atomic E-state index is 0.306. The van der Waals surface area contributed by atoms with E-state index in [-0.39, 0.29) is 6.54 Å². The minimum atomic E-state index is -1.07. The van der Waals surface area contributed by atoms with Crippen LogP contribution in [-0.4, -0.2) is 35.0 Å². The van der Waals surface area contributed by atoms with Crippen LogP contribution in [0.4, 0.5) is 0 Å². The van der Waals surface area contributed by atoms with Crippen LogP contribution < -0.4 is 0 Å². The quantitative estimate of drug-likeness (QED) is 0.490. The zero-order chi connectivity index (χ0) is 10.3. The number of nitrogens with zero attached hydrogens (tertiary/aromatic N) is 2. The highest BCUT2D eigenvalue weighted by atomic mass is 16.4. The van der Waals surface area contributed by atoms with E-state index in [9.17, 15) is 9.59 Å². The van der Waals surface area contributed by atoms with Crippen molar-refractivity contribution in [3.63, 3.8) is 0 Å². The number of allylic oxidation sites excluding steroid dienone is 1. The largest absolute Gasteiger partial charge is 0.480 e. The van der Waals surface area contributed by atoms with Crippen LogP contribution in [0.5, 0.6) is 0 Å². The smallest absolute Gasteiger partial charge is 0.323 e. The molecule has 0 aromatic heterocycles. The molecule has 70 valence electrons. The van der Waals surface area contributed by atoms with Gasteiger partial charge in [0.1, 0.15) is 6.54 Å². The molecule has 1 amide bonds. The molecule has 13 heavy (non-hydrogen) atoms. The summed E-state index contributed by atoms with van der Waals surface area (Å²) in [6, 6.07) is 1.66. The van der Waals surface area contributed by atoms with Crippen molar-refractivity contribution in [2.24, 2.45) is 0 Å². The third kappa shape index (κ3) is 4.58. The van der Waals surface area contributed by atoms with E-state index in [0.717, 1.165) is 17.1 Å². The van der Waals surface area contributed by atoms with Crippen LogP contribution in [0.1, 0.15) is 6.92 Å². The summed E-state index contributed by atoms with van der Waals surface area (Å²) in [5.74, 6) is -1.54. The number of hydrogen-bond donors (Lipinski definition) is 1. The third-order valence-electron chi connectivity index (χ3n) is 1.32. The molecule has 0 saturated heterocycles. The zero-order valence-electron chi connectivity index (χ0n) is 7.23. The Morgan fingerprint density at radius 3 is 2.62 bits per heavy atom. The topological polar surface area (TPSA) is 81.4 Å². The molecule has 0 aliphatic rings. The van der Waals surface area contributed by atoms with Crippen LogP contribution in [-0.2, 0) is 9.59 Å². The van der Waals surface area contributed by atoms with Crippen molar-refractivity contribution in [1.82, 2.24) is 4.90 Å². The van der Waals surface area contributed by atoms with Crippen LogP contribution in [0, 0.1) is 11.3 Å². The first-order valence-corrected chi connectivity index (χ1v) is 3.68. The number of amides is 1. The van der Waals surface area contributed by atoms with Gasteiger partial charge < -0.3 is 10.0 Å². The van der Waals surface area contributed by atoms with Gasteiger partial charge >= 0.3 is 5.97 Å². The first kappa shape index (κ1) is 11.2. The second-order valence-corrected chi connectivity index (χ2v) is 2.21. The van der Waals surface area contributed by atoms with E-state index < -0.39 is 11.9 Å². The first-order valence-electron chi connectivity index (χ1n) is 3.68.